The number of rotatable bonds is 4. The fourth-order valence-corrected chi connectivity index (χ4v) is 1.52. The van der Waals surface area contributed by atoms with Gasteiger partial charge in [-0.2, -0.15) is 0 Å². The third kappa shape index (κ3) is 2.93. The molecule has 0 atom stereocenters. The smallest absolute Gasteiger partial charge is 0.265 e. The Morgan fingerprint density at radius 1 is 1.50 bits per heavy atom. The van der Waals surface area contributed by atoms with Crippen LogP contribution in [0.25, 0.3) is 0 Å². The standard InChI is InChI=1S/C10H11ClN2O3/c1-12(2)9-5-7(3-4-8(9)11)10(14)6-13(15)16/h3-5H,6H2,1-2H3. The number of anilines is 1. The van der Waals surface area contributed by atoms with Crippen molar-refractivity contribution in [3.05, 3.63) is 38.9 Å². The van der Waals surface area contributed by atoms with Crippen molar-refractivity contribution in [1.29, 1.82) is 0 Å². The van der Waals surface area contributed by atoms with Crippen molar-refractivity contribution in [2.75, 3.05) is 25.5 Å². The Kier molecular flexibility index (Phi) is 3.84. The van der Waals surface area contributed by atoms with E-state index in [9.17, 15) is 14.9 Å². The molecule has 0 spiro atoms. The number of nitrogens with zero attached hydrogens (tertiary/aromatic N) is 2. The largest absolute Gasteiger partial charge is 0.376 e. The maximum Gasteiger partial charge on any atom is 0.265 e. The van der Waals surface area contributed by atoms with Crippen LogP contribution in [0, 0.1) is 10.1 Å². The number of hydrogen-bond donors (Lipinski definition) is 0. The number of halogens is 1. The van der Waals surface area contributed by atoms with Crippen molar-refractivity contribution in [2.45, 2.75) is 0 Å². The molecule has 0 fully saturated rings. The SMILES string of the molecule is CN(C)c1cc(C(=O)C[N+](=O)[O-])ccc1Cl. The second kappa shape index (κ2) is 4.94. The van der Waals surface area contributed by atoms with E-state index in [1.807, 2.05) is 0 Å². The molecule has 0 amide bonds. The molecule has 0 unspecified atom stereocenters. The molecule has 0 aromatic heterocycles. The number of nitro groups is 1. The Hall–Kier alpha value is -1.62. The molecule has 6 heteroatoms. The quantitative estimate of drug-likeness (QED) is 0.459. The summed E-state index contributed by atoms with van der Waals surface area (Å²) in [5.74, 6) is -0.523. The lowest BCUT2D eigenvalue weighted by Crippen LogP contribution is -2.15. The Morgan fingerprint density at radius 3 is 2.62 bits per heavy atom. The number of benzene rings is 1. The van der Waals surface area contributed by atoms with E-state index >= 15 is 0 Å². The van der Waals surface area contributed by atoms with E-state index in [1.54, 1.807) is 31.1 Å². The van der Waals surface area contributed by atoms with Crippen LogP contribution in [0.4, 0.5) is 5.69 Å². The van der Waals surface area contributed by atoms with Gasteiger partial charge in [0, 0.05) is 24.6 Å². The van der Waals surface area contributed by atoms with Gasteiger partial charge in [0.2, 0.25) is 5.78 Å². The normalized spacial score (nSPS) is 9.94. The molecule has 0 aliphatic rings. The second-order valence-corrected chi connectivity index (χ2v) is 3.88. The number of carbonyl (C=O) groups excluding carboxylic acids is 1. The molecule has 0 N–H and O–H groups in total. The number of Topliss-reactive ketones (excluding diaryl/α,β-unsaturated/α-hetero) is 1. The average molecular weight is 243 g/mol. The third-order valence-electron chi connectivity index (χ3n) is 2.02. The molecule has 0 saturated heterocycles. The molecule has 0 heterocycles. The van der Waals surface area contributed by atoms with Gasteiger partial charge in [-0.15, -0.1) is 0 Å². The third-order valence-corrected chi connectivity index (χ3v) is 2.34. The maximum absolute atomic E-state index is 11.4. The highest BCUT2D eigenvalue weighted by molar-refractivity contribution is 6.33. The van der Waals surface area contributed by atoms with E-state index in [1.165, 1.54) is 6.07 Å². The zero-order valence-corrected chi connectivity index (χ0v) is 9.69. The number of hydrogen-bond acceptors (Lipinski definition) is 4. The van der Waals surface area contributed by atoms with Gasteiger partial charge in [0.25, 0.3) is 6.54 Å². The van der Waals surface area contributed by atoms with Crippen molar-refractivity contribution in [1.82, 2.24) is 0 Å². The first kappa shape index (κ1) is 12.4. The molecule has 0 aliphatic carbocycles. The first-order valence-corrected chi connectivity index (χ1v) is 4.91. The van der Waals surface area contributed by atoms with Crippen LogP contribution in [-0.4, -0.2) is 31.3 Å². The molecule has 0 bridgehead atoms. The molecule has 0 aliphatic heterocycles. The minimum absolute atomic E-state index is 0.296. The summed E-state index contributed by atoms with van der Waals surface area (Å²) in [6.07, 6.45) is 0. The first-order chi connectivity index (χ1) is 7.41. The van der Waals surface area contributed by atoms with E-state index in [2.05, 4.69) is 0 Å². The highest BCUT2D eigenvalue weighted by atomic mass is 35.5. The van der Waals surface area contributed by atoms with Gasteiger partial charge in [-0.25, -0.2) is 0 Å². The predicted molar refractivity (Wildman–Crippen MR) is 62.0 cm³/mol. The fourth-order valence-electron chi connectivity index (χ4n) is 1.24. The number of ketones is 1. The molecule has 5 nitrogen and oxygen atoms in total. The van der Waals surface area contributed by atoms with Crippen molar-refractivity contribution in [3.63, 3.8) is 0 Å². The lowest BCUT2D eigenvalue weighted by atomic mass is 10.1. The van der Waals surface area contributed by atoms with Crippen LogP contribution in [0.5, 0.6) is 0 Å². The highest BCUT2D eigenvalue weighted by Gasteiger charge is 2.14. The zero-order valence-electron chi connectivity index (χ0n) is 8.94. The molecule has 16 heavy (non-hydrogen) atoms. The van der Waals surface area contributed by atoms with E-state index in [4.69, 9.17) is 11.6 Å². The van der Waals surface area contributed by atoms with Crippen LogP contribution in [0.15, 0.2) is 18.2 Å². The van der Waals surface area contributed by atoms with Crippen LogP contribution in [0.2, 0.25) is 5.02 Å². The average Bonchev–Trinajstić information content (AvgIpc) is 2.16. The van der Waals surface area contributed by atoms with Gasteiger partial charge in [0.05, 0.1) is 10.7 Å². The van der Waals surface area contributed by atoms with Gasteiger partial charge in [0.1, 0.15) is 0 Å². The van der Waals surface area contributed by atoms with Gasteiger partial charge in [0.15, 0.2) is 0 Å². The van der Waals surface area contributed by atoms with Crippen LogP contribution >= 0.6 is 11.6 Å². The molecule has 1 aromatic carbocycles. The minimum Gasteiger partial charge on any atom is -0.376 e. The van der Waals surface area contributed by atoms with Crippen molar-refractivity contribution in [2.24, 2.45) is 0 Å². The van der Waals surface area contributed by atoms with Gasteiger partial charge >= 0.3 is 0 Å². The van der Waals surface area contributed by atoms with Gasteiger partial charge in [-0.3, -0.25) is 14.9 Å². The van der Waals surface area contributed by atoms with Crippen LogP contribution in [0.1, 0.15) is 10.4 Å². The molecular weight excluding hydrogens is 232 g/mol. The summed E-state index contributed by atoms with van der Waals surface area (Å²) in [5, 5.41) is 10.7. The van der Waals surface area contributed by atoms with Crippen LogP contribution in [0.3, 0.4) is 0 Å². The van der Waals surface area contributed by atoms with Gasteiger partial charge in [-0.05, 0) is 18.2 Å². The lowest BCUT2D eigenvalue weighted by Gasteiger charge is -2.14. The Labute approximate surface area is 97.8 Å². The monoisotopic (exact) mass is 242 g/mol. The summed E-state index contributed by atoms with van der Waals surface area (Å²) < 4.78 is 0. The molecule has 86 valence electrons. The van der Waals surface area contributed by atoms with E-state index in [0.29, 0.717) is 16.3 Å². The second-order valence-electron chi connectivity index (χ2n) is 3.47. The summed E-state index contributed by atoms with van der Waals surface area (Å²) in [6.45, 7) is -0.700. The molecular formula is C10H11ClN2O3. The van der Waals surface area contributed by atoms with Gasteiger partial charge in [-0.1, -0.05) is 11.6 Å². The molecule has 0 saturated carbocycles. The summed E-state index contributed by atoms with van der Waals surface area (Å²) in [5.41, 5.74) is 0.959. The minimum atomic E-state index is -0.700. The van der Waals surface area contributed by atoms with E-state index < -0.39 is 17.3 Å². The van der Waals surface area contributed by atoms with E-state index in [-0.39, 0.29) is 0 Å². The Bertz CT molecular complexity index is 432. The van der Waals surface area contributed by atoms with Gasteiger partial charge < -0.3 is 4.90 Å². The van der Waals surface area contributed by atoms with Crippen LogP contribution in [-0.2, 0) is 0 Å². The predicted octanol–water partition coefficient (Wildman–Crippen LogP) is 1.87. The summed E-state index contributed by atoms with van der Waals surface area (Å²) in [6, 6.07) is 4.60. The zero-order chi connectivity index (χ0) is 12.3. The fraction of sp³-hybridized carbons (Fsp3) is 0.300. The van der Waals surface area contributed by atoms with Crippen molar-refractivity contribution >= 4 is 23.1 Å². The lowest BCUT2D eigenvalue weighted by molar-refractivity contribution is -0.465. The van der Waals surface area contributed by atoms with Crippen LogP contribution < -0.4 is 4.90 Å². The molecule has 1 aromatic rings. The first-order valence-electron chi connectivity index (χ1n) is 4.53. The highest BCUT2D eigenvalue weighted by Crippen LogP contribution is 2.25. The summed E-state index contributed by atoms with van der Waals surface area (Å²) in [4.78, 5) is 22.7. The molecule has 0 radical (unpaired) electrons. The maximum atomic E-state index is 11.4. The Balaban J connectivity index is 3.03. The molecule has 1 rings (SSSR count). The topological polar surface area (TPSA) is 63.5 Å². The summed E-state index contributed by atoms with van der Waals surface area (Å²) in [7, 11) is 3.56. The van der Waals surface area contributed by atoms with E-state index in [0.717, 1.165) is 0 Å². The Morgan fingerprint density at radius 2 is 2.12 bits per heavy atom. The van der Waals surface area contributed by atoms with Crippen molar-refractivity contribution < 1.29 is 9.72 Å². The number of carbonyl (C=O) groups is 1. The van der Waals surface area contributed by atoms with Crippen molar-refractivity contribution in [3.8, 4) is 0 Å². The summed E-state index contributed by atoms with van der Waals surface area (Å²) >= 11 is 5.91.